The van der Waals surface area contributed by atoms with Crippen LogP contribution in [0.2, 0.25) is 0 Å². The lowest BCUT2D eigenvalue weighted by molar-refractivity contribution is -0.143. The standard InChI is InChI=1S/C18H25F6NO/c1-5-16(4,6-2)15(10-25-11(3)26)12-7-13(17(19,20)21)9-14(8-12)18(22,23)24/h7-9,11,15,25-26H,5-6,10H2,1-4H3. The van der Waals surface area contributed by atoms with E-state index in [4.69, 9.17) is 0 Å². The number of alkyl halides is 6. The molecule has 0 bridgehead atoms. The van der Waals surface area contributed by atoms with Gasteiger partial charge in [-0.25, -0.2) is 0 Å². The first kappa shape index (κ1) is 22.8. The van der Waals surface area contributed by atoms with E-state index in [0.29, 0.717) is 12.8 Å². The van der Waals surface area contributed by atoms with Gasteiger partial charge >= 0.3 is 12.4 Å². The molecule has 0 saturated carbocycles. The Balaban J connectivity index is 3.57. The van der Waals surface area contributed by atoms with Gasteiger partial charge in [-0.2, -0.15) is 26.3 Å². The van der Waals surface area contributed by atoms with Gasteiger partial charge in [0, 0.05) is 12.5 Å². The van der Waals surface area contributed by atoms with Crippen molar-refractivity contribution in [2.45, 2.75) is 65.0 Å². The molecule has 0 aliphatic carbocycles. The highest BCUT2D eigenvalue weighted by atomic mass is 19.4. The van der Waals surface area contributed by atoms with Crippen LogP contribution in [-0.2, 0) is 12.4 Å². The fourth-order valence-electron chi connectivity index (χ4n) is 2.98. The molecule has 0 heterocycles. The molecule has 26 heavy (non-hydrogen) atoms. The van der Waals surface area contributed by atoms with E-state index in [2.05, 4.69) is 5.32 Å². The smallest absolute Gasteiger partial charge is 0.379 e. The molecular formula is C18H25F6NO. The molecule has 150 valence electrons. The zero-order valence-corrected chi connectivity index (χ0v) is 15.2. The summed E-state index contributed by atoms with van der Waals surface area (Å²) in [6.45, 7) is 7.03. The molecule has 2 unspecified atom stereocenters. The van der Waals surface area contributed by atoms with E-state index in [-0.39, 0.29) is 18.2 Å². The third kappa shape index (κ3) is 5.61. The molecule has 1 rings (SSSR count). The Kier molecular flexibility index (Phi) is 7.15. The van der Waals surface area contributed by atoms with Gasteiger partial charge in [0.05, 0.1) is 11.1 Å². The molecule has 2 N–H and O–H groups in total. The third-order valence-corrected chi connectivity index (χ3v) is 5.09. The van der Waals surface area contributed by atoms with Crippen molar-refractivity contribution in [2.75, 3.05) is 6.54 Å². The Hall–Kier alpha value is -1.28. The van der Waals surface area contributed by atoms with Crippen molar-refractivity contribution in [2.24, 2.45) is 5.41 Å². The molecule has 1 aromatic rings. The predicted molar refractivity (Wildman–Crippen MR) is 87.6 cm³/mol. The topological polar surface area (TPSA) is 32.3 Å². The van der Waals surface area contributed by atoms with Crippen LogP contribution in [-0.4, -0.2) is 17.9 Å². The molecule has 0 amide bonds. The van der Waals surface area contributed by atoms with Crippen molar-refractivity contribution >= 4 is 0 Å². The molecule has 1 aromatic carbocycles. The highest BCUT2D eigenvalue weighted by molar-refractivity contribution is 5.36. The van der Waals surface area contributed by atoms with Crippen LogP contribution < -0.4 is 5.32 Å². The average molecular weight is 385 g/mol. The SMILES string of the molecule is CCC(C)(CC)C(CNC(C)O)c1cc(C(F)(F)F)cc(C(F)(F)F)c1. The minimum atomic E-state index is -4.88. The molecule has 8 heteroatoms. The van der Waals surface area contributed by atoms with Crippen LogP contribution in [0.5, 0.6) is 0 Å². The van der Waals surface area contributed by atoms with Crippen LogP contribution >= 0.6 is 0 Å². The van der Waals surface area contributed by atoms with Crippen LogP contribution in [0.3, 0.4) is 0 Å². The van der Waals surface area contributed by atoms with E-state index in [0.717, 1.165) is 12.1 Å². The van der Waals surface area contributed by atoms with Gasteiger partial charge < -0.3 is 5.11 Å². The third-order valence-electron chi connectivity index (χ3n) is 5.09. The van der Waals surface area contributed by atoms with Crippen LogP contribution in [0.4, 0.5) is 26.3 Å². The van der Waals surface area contributed by atoms with Crippen molar-refractivity contribution in [3.05, 3.63) is 34.9 Å². The van der Waals surface area contributed by atoms with E-state index in [9.17, 15) is 31.4 Å². The predicted octanol–water partition coefficient (Wildman–Crippen LogP) is 5.56. The first-order valence-corrected chi connectivity index (χ1v) is 8.45. The summed E-state index contributed by atoms with van der Waals surface area (Å²) in [5, 5.41) is 12.2. The monoisotopic (exact) mass is 385 g/mol. The van der Waals surface area contributed by atoms with E-state index in [1.54, 1.807) is 0 Å². The molecule has 2 nitrogen and oxygen atoms in total. The number of aliphatic hydroxyl groups excluding tert-OH is 1. The average Bonchev–Trinajstić information content (AvgIpc) is 2.52. The summed E-state index contributed by atoms with van der Waals surface area (Å²) in [6, 6.07) is 1.71. The molecule has 0 radical (unpaired) electrons. The summed E-state index contributed by atoms with van der Waals surface area (Å²) >= 11 is 0. The molecule has 0 saturated heterocycles. The second-order valence-electron chi connectivity index (χ2n) is 6.84. The van der Waals surface area contributed by atoms with E-state index < -0.39 is 41.0 Å². The van der Waals surface area contributed by atoms with Crippen LogP contribution in [0, 0.1) is 5.41 Å². The summed E-state index contributed by atoms with van der Waals surface area (Å²) in [6.07, 6.45) is -9.57. The van der Waals surface area contributed by atoms with Gasteiger partial charge in [0.25, 0.3) is 0 Å². The Morgan fingerprint density at radius 3 is 1.65 bits per heavy atom. The maximum absolute atomic E-state index is 13.2. The second-order valence-corrected chi connectivity index (χ2v) is 6.84. The van der Waals surface area contributed by atoms with Gasteiger partial charge in [-0.15, -0.1) is 0 Å². The zero-order valence-electron chi connectivity index (χ0n) is 15.2. The van der Waals surface area contributed by atoms with Crippen molar-refractivity contribution in [1.82, 2.24) is 5.32 Å². The second kappa shape index (κ2) is 8.17. The molecular weight excluding hydrogens is 360 g/mol. The van der Waals surface area contributed by atoms with Gasteiger partial charge in [-0.05, 0) is 36.1 Å². The minimum Gasteiger partial charge on any atom is -0.379 e. The highest BCUT2D eigenvalue weighted by Gasteiger charge is 2.39. The Labute approximate surface area is 149 Å². The van der Waals surface area contributed by atoms with Crippen LogP contribution in [0.15, 0.2) is 18.2 Å². The Bertz CT molecular complexity index is 558. The van der Waals surface area contributed by atoms with Crippen molar-refractivity contribution < 1.29 is 31.4 Å². The lowest BCUT2D eigenvalue weighted by Crippen LogP contribution is -2.37. The molecule has 0 spiro atoms. The number of hydrogen-bond acceptors (Lipinski definition) is 2. The number of benzene rings is 1. The first-order chi connectivity index (χ1) is 11.7. The zero-order chi connectivity index (χ0) is 20.3. The van der Waals surface area contributed by atoms with Gasteiger partial charge in [0.2, 0.25) is 0 Å². The fraction of sp³-hybridized carbons (Fsp3) is 0.667. The largest absolute Gasteiger partial charge is 0.416 e. The lowest BCUT2D eigenvalue weighted by Gasteiger charge is -2.38. The quantitative estimate of drug-likeness (QED) is 0.476. The number of rotatable bonds is 7. The normalized spacial score (nSPS) is 15.8. The summed E-state index contributed by atoms with van der Waals surface area (Å²) < 4.78 is 78.9. The van der Waals surface area contributed by atoms with Crippen molar-refractivity contribution in [3.8, 4) is 0 Å². The molecule has 2 atom stereocenters. The first-order valence-electron chi connectivity index (χ1n) is 8.45. The maximum Gasteiger partial charge on any atom is 0.416 e. The number of nitrogens with one attached hydrogen (secondary N) is 1. The molecule has 0 aliphatic heterocycles. The van der Waals surface area contributed by atoms with Gasteiger partial charge in [-0.1, -0.05) is 33.6 Å². The van der Waals surface area contributed by atoms with Crippen LogP contribution in [0.1, 0.15) is 63.1 Å². The summed E-state index contributed by atoms with van der Waals surface area (Å²) in [5.74, 6) is -0.629. The van der Waals surface area contributed by atoms with Crippen molar-refractivity contribution in [3.63, 3.8) is 0 Å². The highest BCUT2D eigenvalue weighted by Crippen LogP contribution is 2.44. The Morgan fingerprint density at radius 1 is 0.923 bits per heavy atom. The fourth-order valence-corrected chi connectivity index (χ4v) is 2.98. The van der Waals surface area contributed by atoms with E-state index >= 15 is 0 Å². The summed E-state index contributed by atoms with van der Waals surface area (Å²) in [5.41, 5.74) is -3.21. The van der Waals surface area contributed by atoms with E-state index in [1.807, 2.05) is 20.8 Å². The van der Waals surface area contributed by atoms with Crippen LogP contribution in [0.25, 0.3) is 0 Å². The number of aliphatic hydroxyl groups is 1. The van der Waals surface area contributed by atoms with Crippen molar-refractivity contribution in [1.29, 1.82) is 0 Å². The van der Waals surface area contributed by atoms with Gasteiger partial charge in [-0.3, -0.25) is 5.32 Å². The lowest BCUT2D eigenvalue weighted by atomic mass is 9.69. The number of halogens is 6. The molecule has 0 aromatic heterocycles. The Morgan fingerprint density at radius 2 is 1.35 bits per heavy atom. The van der Waals surface area contributed by atoms with Gasteiger partial charge in [0.1, 0.15) is 6.23 Å². The number of hydrogen-bond donors (Lipinski definition) is 2. The molecule has 0 aliphatic rings. The minimum absolute atomic E-state index is 0.0356. The summed E-state index contributed by atoms with van der Waals surface area (Å²) in [4.78, 5) is 0. The molecule has 0 fully saturated rings. The van der Waals surface area contributed by atoms with Gasteiger partial charge in [0.15, 0.2) is 0 Å². The summed E-state index contributed by atoms with van der Waals surface area (Å²) in [7, 11) is 0. The van der Waals surface area contributed by atoms with E-state index in [1.165, 1.54) is 6.92 Å². The maximum atomic E-state index is 13.2.